The first kappa shape index (κ1) is 8.89. The van der Waals surface area contributed by atoms with Crippen LogP contribution in [0.1, 0.15) is 0 Å². The number of halogens is 2. The molecule has 0 aliphatic heterocycles. The van der Waals surface area contributed by atoms with Gasteiger partial charge in [0.05, 0.1) is 0 Å². The summed E-state index contributed by atoms with van der Waals surface area (Å²) < 4.78 is 25.5. The van der Waals surface area contributed by atoms with E-state index >= 15 is 0 Å². The van der Waals surface area contributed by atoms with Gasteiger partial charge in [0.1, 0.15) is 24.1 Å². The van der Waals surface area contributed by atoms with Crippen molar-refractivity contribution >= 4 is 5.69 Å². The molecule has 0 aliphatic carbocycles. The fraction of sp³-hybridized carbons (Fsp3) is 0.143. The van der Waals surface area contributed by atoms with E-state index in [1.165, 1.54) is 6.07 Å². The molecule has 1 aromatic rings. The van der Waals surface area contributed by atoms with Crippen LogP contribution in [0.3, 0.4) is 0 Å². The number of anilines is 1. The van der Waals surface area contributed by atoms with Gasteiger partial charge in [0.15, 0.2) is 0 Å². The van der Waals surface area contributed by atoms with Crippen LogP contribution >= 0.6 is 0 Å². The van der Waals surface area contributed by atoms with Crippen LogP contribution in [0.15, 0.2) is 18.2 Å². The van der Waals surface area contributed by atoms with E-state index in [0.717, 1.165) is 12.1 Å². The molecular weight excluding hydrogens is 166 g/mol. The Morgan fingerprint density at radius 2 is 1.92 bits per heavy atom. The summed E-state index contributed by atoms with van der Waals surface area (Å²) in [5.41, 5.74) is -0.233. The van der Waals surface area contributed by atoms with Crippen LogP contribution < -0.4 is 11.2 Å². The van der Waals surface area contributed by atoms with E-state index in [0.29, 0.717) is 0 Å². The summed E-state index contributed by atoms with van der Waals surface area (Å²) >= 11 is 0. The zero-order valence-corrected chi connectivity index (χ0v) is 6.18. The molecule has 1 aromatic carbocycles. The highest BCUT2D eigenvalue weighted by molar-refractivity contribution is 5.45. The minimum absolute atomic E-state index is 0.141. The molecule has 0 radical (unpaired) electrons. The first-order valence-corrected chi connectivity index (χ1v) is 3.25. The number of nitrogens with one attached hydrogen (secondary N) is 1. The summed E-state index contributed by atoms with van der Waals surface area (Å²) in [5.74, 6) is 3.32. The number of hydrogen-bond acceptors (Lipinski definition) is 3. The number of nitrogens with two attached hydrogens (primary N) is 1. The van der Waals surface area contributed by atoms with E-state index in [1.54, 1.807) is 0 Å². The Labute approximate surface area is 68.1 Å². The Hall–Kier alpha value is -1.20. The van der Waals surface area contributed by atoms with Crippen LogP contribution in [-0.2, 0) is 4.84 Å². The molecule has 0 fully saturated rings. The van der Waals surface area contributed by atoms with Gasteiger partial charge in [-0.3, -0.25) is 4.84 Å². The molecule has 0 saturated heterocycles. The molecule has 0 spiro atoms. The Balaban J connectivity index is 2.81. The maximum atomic E-state index is 12.8. The zero-order chi connectivity index (χ0) is 8.97. The summed E-state index contributed by atoms with van der Waals surface area (Å²) in [7, 11) is 0. The lowest BCUT2D eigenvalue weighted by atomic mass is 10.3. The summed E-state index contributed by atoms with van der Waals surface area (Å²) in [4.78, 5) is 4.11. The molecule has 0 amide bonds. The molecule has 0 bridgehead atoms. The molecule has 1 rings (SSSR count). The van der Waals surface area contributed by atoms with Crippen molar-refractivity contribution in [1.29, 1.82) is 0 Å². The van der Waals surface area contributed by atoms with E-state index in [9.17, 15) is 8.78 Å². The van der Waals surface area contributed by atoms with E-state index in [2.05, 4.69) is 16.1 Å². The lowest BCUT2D eigenvalue weighted by Gasteiger charge is -2.05. The highest BCUT2D eigenvalue weighted by atomic mass is 19.1. The van der Waals surface area contributed by atoms with Crippen LogP contribution in [0.25, 0.3) is 0 Å². The van der Waals surface area contributed by atoms with Crippen molar-refractivity contribution < 1.29 is 13.6 Å². The molecule has 0 aromatic heterocycles. The SMILES string of the molecule is NOCNc1c(F)cccc1F. The van der Waals surface area contributed by atoms with Gasteiger partial charge in [-0.25, -0.2) is 14.7 Å². The van der Waals surface area contributed by atoms with Crippen molar-refractivity contribution in [2.24, 2.45) is 5.90 Å². The van der Waals surface area contributed by atoms with Crippen LogP contribution in [0.4, 0.5) is 14.5 Å². The number of rotatable bonds is 3. The van der Waals surface area contributed by atoms with Gasteiger partial charge in [-0.15, -0.1) is 0 Å². The third-order valence-corrected chi connectivity index (χ3v) is 1.30. The fourth-order valence-electron chi connectivity index (χ4n) is 0.781. The van der Waals surface area contributed by atoms with E-state index in [1.807, 2.05) is 0 Å². The average molecular weight is 174 g/mol. The Kier molecular flexibility index (Phi) is 2.95. The van der Waals surface area contributed by atoms with Gasteiger partial charge < -0.3 is 5.32 Å². The number of para-hydroxylation sites is 1. The van der Waals surface area contributed by atoms with Crippen molar-refractivity contribution in [1.82, 2.24) is 0 Å². The highest BCUT2D eigenvalue weighted by Gasteiger charge is 2.05. The highest BCUT2D eigenvalue weighted by Crippen LogP contribution is 2.17. The van der Waals surface area contributed by atoms with Gasteiger partial charge in [-0.1, -0.05) is 6.07 Å². The first-order valence-electron chi connectivity index (χ1n) is 3.25. The molecule has 0 aliphatic rings. The van der Waals surface area contributed by atoms with E-state index < -0.39 is 11.6 Å². The topological polar surface area (TPSA) is 47.3 Å². The van der Waals surface area contributed by atoms with Gasteiger partial charge in [0.2, 0.25) is 0 Å². The molecule has 0 heterocycles. The van der Waals surface area contributed by atoms with Crippen LogP contribution in [0.5, 0.6) is 0 Å². The van der Waals surface area contributed by atoms with Crippen LogP contribution in [0.2, 0.25) is 0 Å². The van der Waals surface area contributed by atoms with Crippen LogP contribution in [-0.4, -0.2) is 6.73 Å². The van der Waals surface area contributed by atoms with Crippen molar-refractivity contribution in [3.63, 3.8) is 0 Å². The average Bonchev–Trinajstić information content (AvgIpc) is 2.04. The van der Waals surface area contributed by atoms with Crippen molar-refractivity contribution in [2.75, 3.05) is 12.0 Å². The summed E-state index contributed by atoms with van der Waals surface area (Å²) in [5, 5.41) is 2.33. The minimum atomic E-state index is -0.674. The lowest BCUT2D eigenvalue weighted by Crippen LogP contribution is -2.12. The Morgan fingerprint density at radius 1 is 1.33 bits per heavy atom. The second kappa shape index (κ2) is 3.99. The number of hydrogen-bond donors (Lipinski definition) is 2. The molecule has 5 heteroatoms. The fourth-order valence-corrected chi connectivity index (χ4v) is 0.781. The van der Waals surface area contributed by atoms with Gasteiger partial charge >= 0.3 is 0 Å². The lowest BCUT2D eigenvalue weighted by molar-refractivity contribution is 0.156. The van der Waals surface area contributed by atoms with Gasteiger partial charge in [-0.2, -0.15) is 0 Å². The Bertz CT molecular complexity index is 247. The molecule has 12 heavy (non-hydrogen) atoms. The van der Waals surface area contributed by atoms with Crippen molar-refractivity contribution in [3.05, 3.63) is 29.8 Å². The van der Waals surface area contributed by atoms with Gasteiger partial charge in [0.25, 0.3) is 0 Å². The maximum Gasteiger partial charge on any atom is 0.149 e. The standard InChI is InChI=1S/C7H8F2N2O/c8-5-2-1-3-6(9)7(5)11-4-12-10/h1-3,11H,4,10H2. The first-order chi connectivity index (χ1) is 5.75. The third kappa shape index (κ3) is 1.90. The normalized spacial score (nSPS) is 9.92. The van der Waals surface area contributed by atoms with Gasteiger partial charge in [-0.05, 0) is 12.1 Å². The summed E-state index contributed by atoms with van der Waals surface area (Å²) in [6.07, 6.45) is 0. The van der Waals surface area contributed by atoms with E-state index in [4.69, 9.17) is 0 Å². The molecule has 0 saturated carbocycles. The largest absolute Gasteiger partial charge is 0.356 e. The second-order valence-electron chi connectivity index (χ2n) is 2.08. The second-order valence-corrected chi connectivity index (χ2v) is 2.08. The van der Waals surface area contributed by atoms with Crippen LogP contribution in [0, 0.1) is 11.6 Å². The third-order valence-electron chi connectivity index (χ3n) is 1.30. The van der Waals surface area contributed by atoms with E-state index in [-0.39, 0.29) is 12.4 Å². The molecule has 3 N–H and O–H groups in total. The quantitative estimate of drug-likeness (QED) is 0.535. The predicted octanol–water partition coefficient (Wildman–Crippen LogP) is 1.22. The monoisotopic (exact) mass is 174 g/mol. The summed E-state index contributed by atoms with van der Waals surface area (Å²) in [6, 6.07) is 3.56. The van der Waals surface area contributed by atoms with Crippen molar-refractivity contribution in [3.8, 4) is 0 Å². The minimum Gasteiger partial charge on any atom is -0.356 e. The molecule has 3 nitrogen and oxygen atoms in total. The van der Waals surface area contributed by atoms with Gasteiger partial charge in [0, 0.05) is 0 Å². The predicted molar refractivity (Wildman–Crippen MR) is 40.1 cm³/mol. The Morgan fingerprint density at radius 3 is 2.42 bits per heavy atom. The number of benzene rings is 1. The zero-order valence-electron chi connectivity index (χ0n) is 6.18. The molecule has 0 atom stereocenters. The van der Waals surface area contributed by atoms with Crippen molar-refractivity contribution in [2.45, 2.75) is 0 Å². The maximum absolute atomic E-state index is 12.8. The smallest absolute Gasteiger partial charge is 0.149 e. The molecular formula is C7H8F2N2O. The summed E-state index contributed by atoms with van der Waals surface area (Å²) in [6.45, 7) is -0.141. The molecule has 66 valence electrons. The molecule has 0 unspecified atom stereocenters.